The molecule has 13 heteroatoms. The van der Waals surface area contributed by atoms with Crippen LogP contribution in [0.1, 0.15) is 52.0 Å². The van der Waals surface area contributed by atoms with Crippen molar-refractivity contribution >= 4 is 41.9 Å². The average molecular weight is 649 g/mol. The number of nitrogens with two attached hydrogens (primary N) is 2. The Hall–Kier alpha value is -5.30. The number of aliphatic carboxylic acids is 1. The van der Waals surface area contributed by atoms with E-state index in [0.29, 0.717) is 18.5 Å². The number of aromatic amines is 1. The number of carbonyl (C=O) groups is 4. The van der Waals surface area contributed by atoms with Crippen LogP contribution in [0.5, 0.6) is 0 Å². The van der Waals surface area contributed by atoms with Crippen LogP contribution >= 0.6 is 0 Å². The molecule has 0 saturated carbocycles. The largest absolute Gasteiger partial charge is 0.481 e. The van der Waals surface area contributed by atoms with Gasteiger partial charge in [0.25, 0.3) is 0 Å². The highest BCUT2D eigenvalue weighted by Crippen LogP contribution is 2.38. The van der Waals surface area contributed by atoms with Crippen molar-refractivity contribution in [1.82, 2.24) is 15.6 Å². The smallest absolute Gasteiger partial charge is 0.303 e. The molecule has 2 atom stereocenters. The third kappa shape index (κ3) is 13.3. The van der Waals surface area contributed by atoms with Crippen LogP contribution in [0.25, 0.3) is 22.5 Å². The van der Waals surface area contributed by atoms with Crippen LogP contribution in [0.3, 0.4) is 0 Å². The van der Waals surface area contributed by atoms with Gasteiger partial charge in [-0.05, 0) is 38.4 Å². The first-order valence-corrected chi connectivity index (χ1v) is 15.4. The number of amidine groups is 1. The molecule has 0 saturated heterocycles. The normalized spacial score (nSPS) is 12.1. The number of benzene rings is 2. The number of carboxylic acid groups (broad SMARTS) is 1. The minimum atomic E-state index is -0.979. The van der Waals surface area contributed by atoms with Crippen LogP contribution < -0.4 is 27.4 Å². The van der Waals surface area contributed by atoms with Crippen molar-refractivity contribution < 1.29 is 24.3 Å². The number of carbonyl (C=O) groups excluding carboxylic acids is 3. The molecule has 2 amide bonds. The van der Waals surface area contributed by atoms with Gasteiger partial charge in [0.1, 0.15) is 12.3 Å². The maximum atomic E-state index is 12.2. The number of H-pyrrole nitrogens is 1. The molecule has 2 unspecified atom stereocenters. The predicted octanol–water partition coefficient (Wildman–Crippen LogP) is 3.56. The summed E-state index contributed by atoms with van der Waals surface area (Å²) in [6.45, 7) is 6.03. The number of carboxylic acids is 1. The average Bonchev–Trinajstić information content (AvgIpc) is 3.47. The van der Waals surface area contributed by atoms with Gasteiger partial charge in [-0.25, -0.2) is 4.99 Å². The van der Waals surface area contributed by atoms with E-state index in [9.17, 15) is 19.2 Å². The van der Waals surface area contributed by atoms with Gasteiger partial charge in [-0.2, -0.15) is 0 Å². The second-order valence-corrected chi connectivity index (χ2v) is 9.88. The Morgan fingerprint density at radius 2 is 1.53 bits per heavy atom. The number of amides is 2. The topological polar surface area (TPSA) is 217 Å². The molecule has 1 heterocycles. The number of nitrogens with zero attached hydrogens (tertiary/aromatic N) is 2. The van der Waals surface area contributed by atoms with Gasteiger partial charge in [-0.3, -0.25) is 19.4 Å². The van der Waals surface area contributed by atoms with E-state index >= 15 is 0 Å². The van der Waals surface area contributed by atoms with Crippen molar-refractivity contribution in [2.75, 3.05) is 26.0 Å². The number of hydrogen-bond donors (Lipinski definition) is 7. The standard InChI is InChI=1S/C25H31N7O.C7H11NO4.C2H6/c1-28-15-9-14-19(24(27)33)31-25(30-16-26)20-21(17-10-5-3-6-11-17)32-22(23(20)29-2)18-12-7-4-8-13-18;1-5(10)8-6(4-9)2-3-7(11)12;1-2/h3-8,10-13,16,19,28-29,32H,9,14-15H2,1-2H3,(H2,27,33)(H2,26,30,31);4,6H,2-3H2,1H3,(H,8,10)(H,11,12);1-2H3. The number of primary amides is 1. The fourth-order valence-electron chi connectivity index (χ4n) is 4.45. The first kappa shape index (κ1) is 39.7. The molecule has 9 N–H and O–H groups in total. The van der Waals surface area contributed by atoms with E-state index < -0.39 is 24.0 Å². The van der Waals surface area contributed by atoms with E-state index in [4.69, 9.17) is 16.6 Å². The first-order valence-electron chi connectivity index (χ1n) is 15.4. The summed E-state index contributed by atoms with van der Waals surface area (Å²) in [6.07, 6.45) is 2.99. The molecule has 0 bridgehead atoms. The molecule has 13 nitrogen and oxygen atoms in total. The predicted molar refractivity (Wildman–Crippen MR) is 188 cm³/mol. The maximum Gasteiger partial charge on any atom is 0.303 e. The molecule has 1 aromatic heterocycles. The third-order valence-corrected chi connectivity index (χ3v) is 6.53. The molecular weight excluding hydrogens is 600 g/mol. The minimum Gasteiger partial charge on any atom is -0.481 e. The lowest BCUT2D eigenvalue weighted by molar-refractivity contribution is -0.137. The monoisotopic (exact) mass is 648 g/mol. The number of aromatic nitrogens is 1. The molecule has 0 fully saturated rings. The van der Waals surface area contributed by atoms with Crippen molar-refractivity contribution in [3.8, 4) is 22.5 Å². The molecule has 3 rings (SSSR count). The zero-order valence-corrected chi connectivity index (χ0v) is 27.7. The van der Waals surface area contributed by atoms with Gasteiger partial charge in [-0.15, -0.1) is 0 Å². The van der Waals surface area contributed by atoms with Gasteiger partial charge in [0.2, 0.25) is 11.8 Å². The highest BCUT2D eigenvalue weighted by Gasteiger charge is 2.25. The number of aliphatic imine (C=N–C) groups is 2. The van der Waals surface area contributed by atoms with Crippen molar-refractivity contribution in [3.63, 3.8) is 0 Å². The lowest BCUT2D eigenvalue weighted by atomic mass is 10.0. The van der Waals surface area contributed by atoms with E-state index in [1.807, 2.05) is 88.6 Å². The van der Waals surface area contributed by atoms with Crippen molar-refractivity contribution in [3.05, 3.63) is 66.2 Å². The molecule has 0 aliphatic rings. The Kier molecular flexibility index (Phi) is 18.8. The van der Waals surface area contributed by atoms with E-state index in [1.165, 1.54) is 13.3 Å². The Balaban J connectivity index is 0.000000667. The number of anilines is 1. The Morgan fingerprint density at radius 3 is 1.98 bits per heavy atom. The second-order valence-electron chi connectivity index (χ2n) is 9.88. The van der Waals surface area contributed by atoms with Crippen LogP contribution in [-0.2, 0) is 19.2 Å². The Morgan fingerprint density at radius 1 is 0.957 bits per heavy atom. The SMILES string of the molecule is CC.CC(=O)NC(C=O)CCC(=O)O.CNCCCC(N=C(N=CN)c1c(-c2ccccc2)[nH]c(-c2ccccc2)c1NC)C(N)=O. The minimum absolute atomic E-state index is 0.121. The molecule has 0 radical (unpaired) electrons. The molecule has 254 valence electrons. The van der Waals surface area contributed by atoms with Gasteiger partial charge in [-0.1, -0.05) is 74.5 Å². The van der Waals surface area contributed by atoms with E-state index in [-0.39, 0.29) is 18.7 Å². The van der Waals surface area contributed by atoms with Crippen LogP contribution in [-0.4, -0.2) is 79.1 Å². The van der Waals surface area contributed by atoms with E-state index in [0.717, 1.165) is 46.7 Å². The van der Waals surface area contributed by atoms with Crippen LogP contribution in [0.15, 0.2) is 70.6 Å². The molecule has 3 aromatic rings. The number of hydrogen-bond acceptors (Lipinski definition) is 7. The van der Waals surface area contributed by atoms with Gasteiger partial charge in [0, 0.05) is 26.0 Å². The zero-order chi connectivity index (χ0) is 35.2. The van der Waals surface area contributed by atoms with Crippen molar-refractivity contribution in [2.24, 2.45) is 21.5 Å². The molecule has 0 aliphatic carbocycles. The lowest BCUT2D eigenvalue weighted by Gasteiger charge is -2.13. The summed E-state index contributed by atoms with van der Waals surface area (Å²) in [5, 5.41) is 16.9. The number of rotatable bonds is 15. The lowest BCUT2D eigenvalue weighted by Crippen LogP contribution is -2.34. The summed E-state index contributed by atoms with van der Waals surface area (Å²) in [4.78, 5) is 55.5. The second kappa shape index (κ2) is 22.2. The quantitative estimate of drug-likeness (QED) is 0.0558. The van der Waals surface area contributed by atoms with Gasteiger partial charge >= 0.3 is 5.97 Å². The van der Waals surface area contributed by atoms with Crippen molar-refractivity contribution in [1.29, 1.82) is 0 Å². The van der Waals surface area contributed by atoms with Gasteiger partial charge < -0.3 is 42.3 Å². The van der Waals surface area contributed by atoms with Crippen LogP contribution in [0.4, 0.5) is 5.69 Å². The van der Waals surface area contributed by atoms with Gasteiger partial charge in [0.05, 0.1) is 35.0 Å². The molecule has 2 aromatic carbocycles. The fourth-order valence-corrected chi connectivity index (χ4v) is 4.45. The summed E-state index contributed by atoms with van der Waals surface area (Å²) < 4.78 is 0. The van der Waals surface area contributed by atoms with Crippen LogP contribution in [0.2, 0.25) is 0 Å². The third-order valence-electron chi connectivity index (χ3n) is 6.53. The molecule has 0 aliphatic heterocycles. The Labute approximate surface area is 276 Å². The van der Waals surface area contributed by atoms with E-state index in [2.05, 4.69) is 30.9 Å². The zero-order valence-electron chi connectivity index (χ0n) is 27.7. The highest BCUT2D eigenvalue weighted by atomic mass is 16.4. The molecule has 0 spiro atoms. The molecular formula is C34H48N8O5. The van der Waals surface area contributed by atoms with Crippen molar-refractivity contribution in [2.45, 2.75) is 58.5 Å². The fraction of sp³-hybridized carbons (Fsp3) is 0.353. The summed E-state index contributed by atoms with van der Waals surface area (Å²) in [7, 11) is 3.71. The molecule has 47 heavy (non-hydrogen) atoms. The summed E-state index contributed by atoms with van der Waals surface area (Å²) in [5.41, 5.74) is 16.6. The number of nitrogens with one attached hydrogen (secondary N) is 4. The summed E-state index contributed by atoms with van der Waals surface area (Å²) in [6, 6.07) is 18.5. The Bertz CT molecular complexity index is 1460. The first-order chi connectivity index (χ1) is 22.7. The summed E-state index contributed by atoms with van der Waals surface area (Å²) in [5.74, 6) is -1.47. The van der Waals surface area contributed by atoms with Crippen LogP contribution in [0, 0.1) is 0 Å². The maximum absolute atomic E-state index is 12.2. The summed E-state index contributed by atoms with van der Waals surface area (Å²) >= 11 is 0. The number of aldehydes is 1. The van der Waals surface area contributed by atoms with Gasteiger partial charge in [0.15, 0.2) is 5.84 Å². The highest BCUT2D eigenvalue weighted by molar-refractivity contribution is 6.14. The van der Waals surface area contributed by atoms with E-state index in [1.54, 1.807) is 0 Å².